The highest BCUT2D eigenvalue weighted by atomic mass is 32.1. The highest BCUT2D eigenvalue weighted by Crippen LogP contribution is 2.13. The molecule has 0 N–H and O–H groups in total. The van der Waals surface area contributed by atoms with Crippen molar-refractivity contribution in [3.05, 3.63) is 0 Å². The number of hydrogen-bond acceptors (Lipinski definition) is 1. The van der Waals surface area contributed by atoms with Crippen LogP contribution in [0.1, 0.15) is 51.4 Å². The minimum absolute atomic E-state index is 0.0171. The van der Waals surface area contributed by atoms with Crippen molar-refractivity contribution in [1.29, 1.82) is 0 Å². The van der Waals surface area contributed by atoms with E-state index in [1.807, 2.05) is 0 Å². The van der Waals surface area contributed by atoms with E-state index in [4.69, 9.17) is 0 Å². The van der Waals surface area contributed by atoms with Gasteiger partial charge in [-0.25, -0.2) is 13.2 Å². The van der Waals surface area contributed by atoms with Gasteiger partial charge in [0.15, 0.2) is 0 Å². The van der Waals surface area contributed by atoms with Crippen molar-refractivity contribution in [3.8, 4) is 0 Å². The molecule has 0 aromatic carbocycles. The van der Waals surface area contributed by atoms with E-state index in [0.29, 0.717) is 12.8 Å². The lowest BCUT2D eigenvalue weighted by Crippen LogP contribution is -1.90. The van der Waals surface area contributed by atoms with Gasteiger partial charge in [-0.1, -0.05) is 25.7 Å². The first-order valence-electron chi connectivity index (χ1n) is 5.23. The van der Waals surface area contributed by atoms with Crippen LogP contribution in [0.15, 0.2) is 0 Å². The van der Waals surface area contributed by atoms with E-state index in [2.05, 4.69) is 12.6 Å². The van der Waals surface area contributed by atoms with Crippen LogP contribution in [0.5, 0.6) is 0 Å². The molecule has 0 heterocycles. The van der Waals surface area contributed by atoms with Gasteiger partial charge in [-0.05, 0) is 19.3 Å². The molecule has 0 aliphatic rings. The molecule has 0 radical (unpaired) electrons. The third kappa shape index (κ3) is 12.1. The quantitative estimate of drug-likeness (QED) is 0.433. The number of thiol groups is 1. The lowest BCUT2D eigenvalue weighted by molar-refractivity contribution is 0.133. The zero-order valence-corrected chi connectivity index (χ0v) is 9.29. The van der Waals surface area contributed by atoms with Gasteiger partial charge in [-0.15, -0.1) is 12.6 Å². The van der Waals surface area contributed by atoms with E-state index >= 15 is 0 Å². The zero-order chi connectivity index (χ0) is 10.8. The fourth-order valence-electron chi connectivity index (χ4n) is 1.32. The number of rotatable bonds is 9. The average molecular weight is 228 g/mol. The van der Waals surface area contributed by atoms with Gasteiger partial charge < -0.3 is 0 Å². The summed E-state index contributed by atoms with van der Waals surface area (Å²) in [5, 5.41) is 0. The summed E-state index contributed by atoms with van der Waals surface area (Å²) in [5.41, 5.74) is -1.01. The van der Waals surface area contributed by atoms with Crippen molar-refractivity contribution in [1.82, 2.24) is 0 Å². The van der Waals surface area contributed by atoms with E-state index in [9.17, 15) is 13.2 Å². The van der Waals surface area contributed by atoms with Gasteiger partial charge in [0.05, 0.1) is 0 Å². The first-order valence-corrected chi connectivity index (χ1v) is 5.75. The van der Waals surface area contributed by atoms with Gasteiger partial charge in [-0.2, -0.15) is 0 Å². The largest absolute Gasteiger partial charge is 0.238 e. The molecule has 86 valence electrons. The van der Waals surface area contributed by atoms with Crippen LogP contribution >= 0.6 is 12.6 Å². The van der Waals surface area contributed by atoms with Gasteiger partial charge in [0.25, 0.3) is 0 Å². The molecular formula is C10H19F3S. The average Bonchev–Trinajstić information content (AvgIpc) is 2.08. The first kappa shape index (κ1) is 14.1. The van der Waals surface area contributed by atoms with E-state index in [-0.39, 0.29) is 6.42 Å². The molecule has 0 fully saturated rings. The summed E-state index contributed by atoms with van der Waals surface area (Å²) in [6.07, 6.45) is 3.66. The van der Waals surface area contributed by atoms with Crippen molar-refractivity contribution in [2.75, 3.05) is 0 Å². The third-order valence-corrected chi connectivity index (χ3v) is 2.37. The fourth-order valence-corrected chi connectivity index (χ4v) is 1.50. The van der Waals surface area contributed by atoms with Crippen molar-refractivity contribution in [2.45, 2.75) is 63.3 Å². The van der Waals surface area contributed by atoms with E-state index in [1.165, 1.54) is 0 Å². The molecule has 0 spiro atoms. The Morgan fingerprint density at radius 2 is 1.14 bits per heavy atom. The molecular weight excluding hydrogens is 209 g/mol. The normalized spacial score (nSPS) is 13.5. The Balaban J connectivity index is 2.92. The second-order valence-corrected chi connectivity index (χ2v) is 4.08. The molecule has 1 unspecified atom stereocenters. The number of halogens is 3. The maximum absolute atomic E-state index is 12.2. The summed E-state index contributed by atoms with van der Waals surface area (Å²) in [6.45, 7) is 0. The fraction of sp³-hybridized carbons (Fsp3) is 1.00. The first-order chi connectivity index (χ1) is 6.63. The molecule has 0 aliphatic heterocycles. The molecule has 0 nitrogen and oxygen atoms in total. The van der Waals surface area contributed by atoms with Crippen LogP contribution in [-0.4, -0.2) is 11.9 Å². The predicted octanol–water partition coefficient (Wildman–Crippen LogP) is 4.60. The molecule has 0 rings (SSSR count). The molecule has 4 heteroatoms. The Morgan fingerprint density at radius 3 is 1.57 bits per heavy atom. The molecule has 0 aromatic rings. The Morgan fingerprint density at radius 1 is 0.714 bits per heavy atom. The predicted molar refractivity (Wildman–Crippen MR) is 56.8 cm³/mol. The summed E-state index contributed by atoms with van der Waals surface area (Å²) in [5.74, 6) is 0. The summed E-state index contributed by atoms with van der Waals surface area (Å²) in [7, 11) is 0. The molecule has 1 atom stereocenters. The highest BCUT2D eigenvalue weighted by Gasteiger charge is 2.01. The van der Waals surface area contributed by atoms with Crippen molar-refractivity contribution in [2.24, 2.45) is 0 Å². The van der Waals surface area contributed by atoms with Gasteiger partial charge in [0, 0.05) is 6.42 Å². The summed E-state index contributed by atoms with van der Waals surface area (Å²) < 4.78 is 35.6. The molecule has 0 aliphatic carbocycles. The second-order valence-electron chi connectivity index (χ2n) is 3.52. The maximum Gasteiger partial charge on any atom is 0.238 e. The van der Waals surface area contributed by atoms with Crippen LogP contribution in [0.25, 0.3) is 0 Å². The number of unbranched alkanes of at least 4 members (excludes halogenated alkanes) is 5. The van der Waals surface area contributed by atoms with E-state index < -0.39 is 11.9 Å². The van der Waals surface area contributed by atoms with Crippen molar-refractivity contribution in [3.63, 3.8) is 0 Å². The lowest BCUT2D eigenvalue weighted by atomic mass is 10.1. The minimum atomic E-state index is -2.16. The van der Waals surface area contributed by atoms with Gasteiger partial charge >= 0.3 is 0 Å². The molecule has 0 amide bonds. The van der Waals surface area contributed by atoms with Crippen LogP contribution in [0.2, 0.25) is 0 Å². The SMILES string of the molecule is FC(F)CCCCCCCCC(F)S. The Bertz CT molecular complexity index is 104. The Kier molecular flexibility index (Phi) is 9.78. The summed E-state index contributed by atoms with van der Waals surface area (Å²) in [6, 6.07) is 0. The molecule has 14 heavy (non-hydrogen) atoms. The summed E-state index contributed by atoms with van der Waals surface area (Å²) in [4.78, 5) is 0. The smallest absolute Gasteiger partial charge is 0.236 e. The van der Waals surface area contributed by atoms with Crippen LogP contribution in [0.3, 0.4) is 0 Å². The lowest BCUT2D eigenvalue weighted by Gasteiger charge is -2.02. The van der Waals surface area contributed by atoms with E-state index in [0.717, 1.165) is 32.1 Å². The number of hydrogen-bond donors (Lipinski definition) is 1. The molecule has 0 saturated heterocycles. The van der Waals surface area contributed by atoms with Crippen LogP contribution in [0, 0.1) is 0 Å². The van der Waals surface area contributed by atoms with Crippen LogP contribution in [0.4, 0.5) is 13.2 Å². The maximum atomic E-state index is 12.2. The second kappa shape index (κ2) is 9.69. The highest BCUT2D eigenvalue weighted by molar-refractivity contribution is 7.80. The minimum Gasteiger partial charge on any atom is -0.236 e. The van der Waals surface area contributed by atoms with Gasteiger partial charge in [0.2, 0.25) is 6.43 Å². The van der Waals surface area contributed by atoms with Crippen LogP contribution in [-0.2, 0) is 0 Å². The summed E-state index contributed by atoms with van der Waals surface area (Å²) >= 11 is 3.63. The zero-order valence-electron chi connectivity index (χ0n) is 8.39. The third-order valence-electron chi connectivity index (χ3n) is 2.11. The Hall–Kier alpha value is 0.140. The van der Waals surface area contributed by atoms with E-state index in [1.54, 1.807) is 0 Å². The molecule has 0 saturated carbocycles. The topological polar surface area (TPSA) is 0 Å². The Labute approximate surface area is 89.7 Å². The monoisotopic (exact) mass is 228 g/mol. The van der Waals surface area contributed by atoms with Crippen LogP contribution < -0.4 is 0 Å². The molecule has 0 aromatic heterocycles. The van der Waals surface area contributed by atoms with Crippen molar-refractivity contribution >= 4 is 12.6 Å². The standard InChI is InChI=1S/C10H19F3S/c11-9(12)7-5-3-1-2-4-6-8-10(13)14/h9-10,14H,1-8H2. The van der Waals surface area contributed by atoms with Crippen molar-refractivity contribution < 1.29 is 13.2 Å². The number of alkyl halides is 3. The van der Waals surface area contributed by atoms with Gasteiger partial charge in [-0.3, -0.25) is 0 Å². The van der Waals surface area contributed by atoms with Gasteiger partial charge in [0.1, 0.15) is 5.50 Å². The molecule has 0 bridgehead atoms.